The van der Waals surface area contributed by atoms with Crippen LogP contribution in [0.1, 0.15) is 18.4 Å². The van der Waals surface area contributed by atoms with E-state index in [9.17, 15) is 0 Å². The summed E-state index contributed by atoms with van der Waals surface area (Å²) in [5.41, 5.74) is 2.18. The van der Waals surface area contributed by atoms with Crippen LogP contribution < -0.4 is 5.32 Å². The van der Waals surface area contributed by atoms with E-state index in [4.69, 9.17) is 16.3 Å². The van der Waals surface area contributed by atoms with E-state index in [2.05, 4.69) is 11.4 Å². The zero-order chi connectivity index (χ0) is 11.4. The van der Waals surface area contributed by atoms with Crippen molar-refractivity contribution in [1.29, 1.82) is 0 Å². The molecule has 86 valence electrons. The summed E-state index contributed by atoms with van der Waals surface area (Å²) >= 11 is 6.05. The summed E-state index contributed by atoms with van der Waals surface area (Å²) in [6, 6.07) is 5.90. The van der Waals surface area contributed by atoms with Crippen LogP contribution in [-0.4, -0.2) is 12.6 Å². The third-order valence-corrected chi connectivity index (χ3v) is 3.22. The van der Waals surface area contributed by atoms with E-state index in [0.29, 0.717) is 0 Å². The van der Waals surface area contributed by atoms with Gasteiger partial charge in [-0.25, -0.2) is 0 Å². The van der Waals surface area contributed by atoms with E-state index in [-0.39, 0.29) is 6.10 Å². The van der Waals surface area contributed by atoms with Crippen LogP contribution in [0.5, 0.6) is 0 Å². The van der Waals surface area contributed by atoms with E-state index in [1.807, 2.05) is 25.1 Å². The predicted octanol–water partition coefficient (Wildman–Crippen LogP) is 3.75. The Labute approximate surface area is 101 Å². The average Bonchev–Trinajstić information content (AvgIpc) is 2.32. The predicted molar refractivity (Wildman–Crippen MR) is 67.9 cm³/mol. The molecule has 1 N–H and O–H groups in total. The zero-order valence-electron chi connectivity index (χ0n) is 9.37. The maximum absolute atomic E-state index is 6.05. The maximum Gasteiger partial charge on any atom is 0.115 e. The summed E-state index contributed by atoms with van der Waals surface area (Å²) in [6.07, 6.45) is 6.29. The van der Waals surface area contributed by atoms with Gasteiger partial charge in [0.1, 0.15) is 6.10 Å². The molecular formula is C13H16ClNO. The van der Waals surface area contributed by atoms with Gasteiger partial charge in [0.05, 0.1) is 12.8 Å². The molecule has 0 aliphatic carbocycles. The van der Waals surface area contributed by atoms with E-state index >= 15 is 0 Å². The van der Waals surface area contributed by atoms with Crippen molar-refractivity contribution in [2.45, 2.75) is 25.9 Å². The number of halogens is 1. The summed E-state index contributed by atoms with van der Waals surface area (Å²) in [7, 11) is 0. The van der Waals surface area contributed by atoms with Crippen LogP contribution in [-0.2, 0) is 4.74 Å². The van der Waals surface area contributed by atoms with Crippen LogP contribution in [0, 0.1) is 6.92 Å². The van der Waals surface area contributed by atoms with Gasteiger partial charge in [-0.1, -0.05) is 17.7 Å². The first-order chi connectivity index (χ1) is 7.77. The van der Waals surface area contributed by atoms with Crippen molar-refractivity contribution < 1.29 is 4.74 Å². The van der Waals surface area contributed by atoms with Crippen LogP contribution in [0.15, 0.2) is 30.5 Å². The van der Waals surface area contributed by atoms with Gasteiger partial charge in [0.15, 0.2) is 0 Å². The Morgan fingerprint density at radius 3 is 3.12 bits per heavy atom. The number of nitrogens with one attached hydrogen (secondary N) is 1. The van der Waals surface area contributed by atoms with Crippen LogP contribution in [0.3, 0.4) is 0 Å². The normalized spacial score (nSPS) is 19.2. The molecule has 0 bridgehead atoms. The number of allylic oxidation sites excluding steroid dienone is 1. The molecule has 0 radical (unpaired) electrons. The van der Waals surface area contributed by atoms with Crippen LogP contribution >= 0.6 is 11.6 Å². The van der Waals surface area contributed by atoms with Gasteiger partial charge in [0, 0.05) is 10.7 Å². The van der Waals surface area contributed by atoms with E-state index in [1.165, 1.54) is 0 Å². The number of anilines is 1. The van der Waals surface area contributed by atoms with Crippen molar-refractivity contribution in [2.24, 2.45) is 0 Å². The van der Waals surface area contributed by atoms with Crippen molar-refractivity contribution in [1.82, 2.24) is 0 Å². The van der Waals surface area contributed by atoms with Gasteiger partial charge in [-0.15, -0.1) is 0 Å². The molecule has 0 saturated carbocycles. The fourth-order valence-corrected chi connectivity index (χ4v) is 1.93. The molecule has 0 fully saturated rings. The van der Waals surface area contributed by atoms with Gasteiger partial charge in [-0.2, -0.15) is 0 Å². The highest BCUT2D eigenvalue weighted by Gasteiger charge is 2.11. The van der Waals surface area contributed by atoms with Crippen molar-refractivity contribution in [3.05, 3.63) is 41.1 Å². The third kappa shape index (κ3) is 2.70. The molecule has 1 aliphatic rings. The lowest BCUT2D eigenvalue weighted by Crippen LogP contribution is -2.23. The smallest absolute Gasteiger partial charge is 0.115 e. The number of hydrogen-bond acceptors (Lipinski definition) is 2. The molecule has 0 spiro atoms. The third-order valence-electron chi connectivity index (χ3n) is 2.81. The molecule has 1 aromatic carbocycles. The van der Waals surface area contributed by atoms with Gasteiger partial charge in [-0.3, -0.25) is 0 Å². The topological polar surface area (TPSA) is 21.3 Å². The largest absolute Gasteiger partial charge is 0.497 e. The molecule has 1 unspecified atom stereocenters. The number of rotatable bonds is 3. The lowest BCUT2D eigenvalue weighted by Gasteiger charge is -2.21. The molecule has 0 amide bonds. The molecule has 1 aromatic rings. The summed E-state index contributed by atoms with van der Waals surface area (Å²) in [5, 5.41) is 4.18. The lowest BCUT2D eigenvalue weighted by molar-refractivity contribution is 0.135. The van der Waals surface area contributed by atoms with Crippen LogP contribution in [0.2, 0.25) is 5.02 Å². The molecule has 2 rings (SSSR count). The Balaban J connectivity index is 1.94. The summed E-state index contributed by atoms with van der Waals surface area (Å²) in [4.78, 5) is 0. The molecule has 16 heavy (non-hydrogen) atoms. The molecule has 0 saturated heterocycles. The second-order valence-corrected chi connectivity index (χ2v) is 4.41. The Bertz CT molecular complexity index is 390. The standard InChI is InChI=1S/C13H16ClNO/c1-10-12(14)6-4-7-13(10)15-9-11-5-2-3-8-16-11/h3-4,6-8,11,15H,2,5,9H2,1H3. The average molecular weight is 238 g/mol. The minimum atomic E-state index is 0.267. The monoisotopic (exact) mass is 237 g/mol. The van der Waals surface area contributed by atoms with Gasteiger partial charge >= 0.3 is 0 Å². The van der Waals surface area contributed by atoms with E-state index < -0.39 is 0 Å². The minimum Gasteiger partial charge on any atom is -0.497 e. The number of hydrogen-bond donors (Lipinski definition) is 1. The number of benzene rings is 1. The minimum absolute atomic E-state index is 0.267. The first-order valence-electron chi connectivity index (χ1n) is 5.57. The van der Waals surface area contributed by atoms with Crippen molar-refractivity contribution in [2.75, 3.05) is 11.9 Å². The fourth-order valence-electron chi connectivity index (χ4n) is 1.76. The Morgan fingerprint density at radius 2 is 2.38 bits per heavy atom. The number of ether oxygens (including phenoxy) is 1. The zero-order valence-corrected chi connectivity index (χ0v) is 10.1. The lowest BCUT2D eigenvalue weighted by atomic mass is 10.1. The molecular weight excluding hydrogens is 222 g/mol. The quantitative estimate of drug-likeness (QED) is 0.865. The SMILES string of the molecule is Cc1c(Cl)cccc1NCC1CCC=CO1. The van der Waals surface area contributed by atoms with Gasteiger partial charge in [0.2, 0.25) is 0 Å². The summed E-state index contributed by atoms with van der Waals surface area (Å²) in [6.45, 7) is 2.85. The molecule has 1 heterocycles. The van der Waals surface area contributed by atoms with Crippen LogP contribution in [0.4, 0.5) is 5.69 Å². The highest BCUT2D eigenvalue weighted by molar-refractivity contribution is 6.31. The summed E-state index contributed by atoms with van der Waals surface area (Å²) in [5.74, 6) is 0. The molecule has 1 atom stereocenters. The first kappa shape index (κ1) is 11.3. The molecule has 0 aromatic heterocycles. The summed E-state index contributed by atoms with van der Waals surface area (Å²) < 4.78 is 5.49. The second-order valence-electron chi connectivity index (χ2n) is 4.00. The Hall–Kier alpha value is -1.15. The van der Waals surface area contributed by atoms with Crippen molar-refractivity contribution in [3.63, 3.8) is 0 Å². The van der Waals surface area contributed by atoms with Crippen LogP contribution in [0.25, 0.3) is 0 Å². The molecule has 3 heteroatoms. The Morgan fingerprint density at radius 1 is 1.50 bits per heavy atom. The van der Waals surface area contributed by atoms with Gasteiger partial charge in [-0.05, 0) is 43.5 Å². The molecule has 1 aliphatic heterocycles. The van der Waals surface area contributed by atoms with Crippen molar-refractivity contribution in [3.8, 4) is 0 Å². The maximum atomic E-state index is 6.05. The highest BCUT2D eigenvalue weighted by atomic mass is 35.5. The highest BCUT2D eigenvalue weighted by Crippen LogP contribution is 2.23. The van der Waals surface area contributed by atoms with Gasteiger partial charge in [0.25, 0.3) is 0 Å². The molecule has 2 nitrogen and oxygen atoms in total. The van der Waals surface area contributed by atoms with E-state index in [1.54, 1.807) is 6.26 Å². The second kappa shape index (κ2) is 5.26. The van der Waals surface area contributed by atoms with E-state index in [0.717, 1.165) is 35.7 Å². The Kier molecular flexibility index (Phi) is 3.73. The van der Waals surface area contributed by atoms with Gasteiger partial charge < -0.3 is 10.1 Å². The first-order valence-corrected chi connectivity index (χ1v) is 5.94. The van der Waals surface area contributed by atoms with Crippen molar-refractivity contribution >= 4 is 17.3 Å². The fraction of sp³-hybridized carbons (Fsp3) is 0.385.